The molecule has 0 radical (unpaired) electrons. The van der Waals surface area contributed by atoms with Gasteiger partial charge in [0.2, 0.25) is 0 Å². The van der Waals surface area contributed by atoms with Crippen LogP contribution in [0.15, 0.2) is 28.9 Å². The molecule has 1 heterocycles. The van der Waals surface area contributed by atoms with Crippen LogP contribution in [-0.4, -0.2) is 9.78 Å². The third-order valence-electron chi connectivity index (χ3n) is 3.08. The number of halogens is 3. The van der Waals surface area contributed by atoms with Gasteiger partial charge < -0.3 is 5.73 Å². The molecule has 20 heavy (non-hydrogen) atoms. The first-order valence-electron chi connectivity index (χ1n) is 6.32. The average molecular weight is 377 g/mol. The van der Waals surface area contributed by atoms with Gasteiger partial charge in [0, 0.05) is 16.1 Å². The number of benzene rings is 1. The van der Waals surface area contributed by atoms with Crippen LogP contribution in [0.5, 0.6) is 0 Å². The fourth-order valence-corrected chi connectivity index (χ4v) is 3.18. The van der Waals surface area contributed by atoms with Gasteiger partial charge in [-0.3, -0.25) is 4.68 Å². The zero-order chi connectivity index (χ0) is 14.9. The summed E-state index contributed by atoms with van der Waals surface area (Å²) in [4.78, 5) is 0. The van der Waals surface area contributed by atoms with E-state index in [4.69, 9.17) is 28.9 Å². The Morgan fingerprint density at radius 1 is 1.35 bits per heavy atom. The number of hydrogen-bond acceptors (Lipinski definition) is 2. The Kier molecular flexibility index (Phi) is 5.13. The van der Waals surface area contributed by atoms with E-state index in [1.807, 2.05) is 16.8 Å². The van der Waals surface area contributed by atoms with Crippen LogP contribution in [0.1, 0.15) is 37.2 Å². The Morgan fingerprint density at radius 3 is 2.65 bits per heavy atom. The first-order chi connectivity index (χ1) is 9.40. The summed E-state index contributed by atoms with van der Waals surface area (Å²) < 4.78 is 2.85. The average Bonchev–Trinajstić information content (AvgIpc) is 2.75. The van der Waals surface area contributed by atoms with E-state index in [9.17, 15) is 0 Å². The lowest BCUT2D eigenvalue weighted by atomic mass is 10.0. The molecular formula is C14H16BrCl2N3. The van der Waals surface area contributed by atoms with Crippen molar-refractivity contribution in [2.75, 3.05) is 0 Å². The van der Waals surface area contributed by atoms with Gasteiger partial charge in [-0.2, -0.15) is 5.10 Å². The van der Waals surface area contributed by atoms with Crippen molar-refractivity contribution in [3.63, 3.8) is 0 Å². The lowest BCUT2D eigenvalue weighted by Crippen LogP contribution is -2.20. The van der Waals surface area contributed by atoms with E-state index < -0.39 is 0 Å². The monoisotopic (exact) mass is 375 g/mol. The number of rotatable bonds is 4. The minimum atomic E-state index is -0.187. The molecule has 108 valence electrons. The third-order valence-corrected chi connectivity index (χ3v) is 4.28. The molecule has 0 saturated carbocycles. The number of nitrogens with zero attached hydrogens (tertiary/aromatic N) is 2. The second kappa shape index (κ2) is 6.48. The molecule has 1 aromatic heterocycles. The van der Waals surface area contributed by atoms with Crippen molar-refractivity contribution in [2.24, 2.45) is 5.73 Å². The molecule has 0 spiro atoms. The van der Waals surface area contributed by atoms with Crippen LogP contribution in [0, 0.1) is 0 Å². The molecule has 1 aromatic carbocycles. The summed E-state index contributed by atoms with van der Waals surface area (Å²) >= 11 is 15.6. The maximum Gasteiger partial charge on any atom is 0.0699 e. The van der Waals surface area contributed by atoms with Crippen molar-refractivity contribution >= 4 is 39.1 Å². The Hall–Kier alpha value is -0.550. The van der Waals surface area contributed by atoms with Crippen molar-refractivity contribution in [3.05, 3.63) is 50.2 Å². The molecule has 1 unspecified atom stereocenters. The van der Waals surface area contributed by atoms with Crippen LogP contribution in [0.3, 0.4) is 0 Å². The van der Waals surface area contributed by atoms with Gasteiger partial charge in [-0.1, -0.05) is 29.3 Å². The Labute approximate surface area is 137 Å². The van der Waals surface area contributed by atoms with Gasteiger partial charge in [0.15, 0.2) is 0 Å². The molecule has 0 aliphatic rings. The van der Waals surface area contributed by atoms with Crippen LogP contribution in [0.25, 0.3) is 0 Å². The molecule has 1 atom stereocenters. The van der Waals surface area contributed by atoms with E-state index in [1.165, 1.54) is 0 Å². The van der Waals surface area contributed by atoms with Gasteiger partial charge in [-0.15, -0.1) is 0 Å². The highest BCUT2D eigenvalue weighted by Crippen LogP contribution is 2.29. The van der Waals surface area contributed by atoms with Gasteiger partial charge in [0.05, 0.1) is 22.4 Å². The lowest BCUT2D eigenvalue weighted by Gasteiger charge is -2.18. The van der Waals surface area contributed by atoms with Crippen LogP contribution in [0.2, 0.25) is 10.0 Å². The maximum atomic E-state index is 6.34. The minimum Gasteiger partial charge on any atom is -0.322 e. The molecule has 0 saturated heterocycles. The topological polar surface area (TPSA) is 43.8 Å². The van der Waals surface area contributed by atoms with E-state index in [1.54, 1.807) is 12.3 Å². The van der Waals surface area contributed by atoms with E-state index in [-0.39, 0.29) is 12.1 Å². The molecule has 0 fully saturated rings. The number of aromatic nitrogens is 2. The third kappa shape index (κ3) is 3.37. The molecule has 0 bridgehead atoms. The van der Waals surface area contributed by atoms with Gasteiger partial charge in [-0.05, 0) is 53.9 Å². The SMILES string of the molecule is CC(C)n1ncc(Br)c1C(N)Cc1ccc(Cl)cc1Cl. The molecule has 0 aliphatic heterocycles. The summed E-state index contributed by atoms with van der Waals surface area (Å²) in [6.07, 6.45) is 2.41. The molecule has 6 heteroatoms. The normalized spacial score (nSPS) is 12.9. The first-order valence-corrected chi connectivity index (χ1v) is 7.87. The highest BCUT2D eigenvalue weighted by molar-refractivity contribution is 9.10. The molecule has 2 N–H and O–H groups in total. The van der Waals surface area contributed by atoms with Gasteiger partial charge >= 0.3 is 0 Å². The van der Waals surface area contributed by atoms with Gasteiger partial charge in [-0.25, -0.2) is 0 Å². The van der Waals surface area contributed by atoms with Crippen LogP contribution in [0.4, 0.5) is 0 Å². The predicted molar refractivity (Wildman–Crippen MR) is 87.4 cm³/mol. The quantitative estimate of drug-likeness (QED) is 0.834. The van der Waals surface area contributed by atoms with Gasteiger partial charge in [0.25, 0.3) is 0 Å². The van der Waals surface area contributed by atoms with Crippen molar-refractivity contribution in [2.45, 2.75) is 32.4 Å². The predicted octanol–water partition coefficient (Wildman–Crippen LogP) is 4.78. The van der Waals surface area contributed by atoms with Crippen LogP contribution < -0.4 is 5.73 Å². The Bertz CT molecular complexity index is 610. The molecule has 0 aliphatic carbocycles. The summed E-state index contributed by atoms with van der Waals surface area (Å²) in [5, 5.41) is 5.61. The van der Waals surface area contributed by atoms with E-state index >= 15 is 0 Å². The fourth-order valence-electron chi connectivity index (χ4n) is 2.13. The zero-order valence-corrected chi connectivity index (χ0v) is 14.4. The molecule has 2 rings (SSSR count). The molecular weight excluding hydrogens is 361 g/mol. The smallest absolute Gasteiger partial charge is 0.0699 e. The van der Waals surface area contributed by atoms with Crippen molar-refractivity contribution in [1.82, 2.24) is 9.78 Å². The standard InChI is InChI=1S/C14H16BrCl2N3/c1-8(2)20-14(11(15)7-19-20)13(18)5-9-3-4-10(16)6-12(9)17/h3-4,6-8,13H,5,18H2,1-2H3. The minimum absolute atomic E-state index is 0.187. The number of hydrogen-bond donors (Lipinski definition) is 1. The van der Waals surface area contributed by atoms with Crippen molar-refractivity contribution in [1.29, 1.82) is 0 Å². The fraction of sp³-hybridized carbons (Fsp3) is 0.357. The van der Waals surface area contributed by atoms with Crippen molar-refractivity contribution < 1.29 is 0 Å². The van der Waals surface area contributed by atoms with E-state index in [2.05, 4.69) is 34.9 Å². The molecule has 0 amide bonds. The van der Waals surface area contributed by atoms with Crippen LogP contribution >= 0.6 is 39.1 Å². The van der Waals surface area contributed by atoms with Gasteiger partial charge in [0.1, 0.15) is 0 Å². The second-order valence-corrected chi connectivity index (χ2v) is 6.66. The molecule has 3 nitrogen and oxygen atoms in total. The maximum absolute atomic E-state index is 6.34. The van der Waals surface area contributed by atoms with E-state index in [0.717, 1.165) is 15.7 Å². The molecule has 2 aromatic rings. The summed E-state index contributed by atoms with van der Waals surface area (Å²) in [6, 6.07) is 5.54. The van der Waals surface area contributed by atoms with Crippen molar-refractivity contribution in [3.8, 4) is 0 Å². The second-order valence-electron chi connectivity index (χ2n) is 4.96. The highest BCUT2D eigenvalue weighted by atomic mass is 79.9. The largest absolute Gasteiger partial charge is 0.322 e. The Morgan fingerprint density at radius 2 is 2.05 bits per heavy atom. The highest BCUT2D eigenvalue weighted by Gasteiger charge is 2.19. The lowest BCUT2D eigenvalue weighted by molar-refractivity contribution is 0.484. The van der Waals surface area contributed by atoms with E-state index in [0.29, 0.717) is 16.5 Å². The first kappa shape index (κ1) is 15.8. The summed E-state index contributed by atoms with van der Waals surface area (Å²) in [5.74, 6) is 0. The number of nitrogens with two attached hydrogens (primary N) is 1. The summed E-state index contributed by atoms with van der Waals surface area (Å²) in [6.45, 7) is 4.15. The Balaban J connectivity index is 2.28. The zero-order valence-electron chi connectivity index (χ0n) is 11.3. The summed E-state index contributed by atoms with van der Waals surface area (Å²) in [5.41, 5.74) is 8.29. The summed E-state index contributed by atoms with van der Waals surface area (Å²) in [7, 11) is 0. The van der Waals surface area contributed by atoms with Crippen LogP contribution in [-0.2, 0) is 6.42 Å².